The Kier molecular flexibility index (Phi) is 6.33. The molecular weight excluding hydrogens is 268 g/mol. The summed E-state index contributed by atoms with van der Waals surface area (Å²) < 4.78 is 13.7. The van der Waals surface area contributed by atoms with Gasteiger partial charge in [0, 0.05) is 10.5 Å². The third-order valence-electron chi connectivity index (χ3n) is 1.91. The van der Waals surface area contributed by atoms with Crippen molar-refractivity contribution in [2.45, 2.75) is 25.8 Å². The zero-order valence-electron chi connectivity index (χ0n) is 7.97. The molecule has 1 nitrogen and oxygen atoms in total. The predicted molar refractivity (Wildman–Crippen MR) is 63.2 cm³/mol. The van der Waals surface area contributed by atoms with Gasteiger partial charge in [-0.1, -0.05) is 29.3 Å². The molecule has 1 aromatic carbocycles. The van der Waals surface area contributed by atoms with Gasteiger partial charge in [-0.25, -0.2) is 4.39 Å². The molecule has 0 aliphatic rings. The minimum Gasteiger partial charge on any atom is -0.324 e. The second kappa shape index (κ2) is 6.38. The highest BCUT2D eigenvalue weighted by Crippen LogP contribution is 2.21. The molecule has 0 spiro atoms. The van der Waals surface area contributed by atoms with E-state index >= 15 is 0 Å². The molecule has 0 amide bonds. The molecule has 1 rings (SSSR count). The van der Waals surface area contributed by atoms with Crippen LogP contribution >= 0.6 is 28.3 Å². The van der Waals surface area contributed by atoms with E-state index in [-0.39, 0.29) is 24.3 Å². The van der Waals surface area contributed by atoms with E-state index in [1.807, 2.05) is 6.07 Å². The van der Waals surface area contributed by atoms with Crippen LogP contribution in [-0.4, -0.2) is 0 Å². The van der Waals surface area contributed by atoms with Crippen molar-refractivity contribution in [3.63, 3.8) is 0 Å². The van der Waals surface area contributed by atoms with E-state index in [0.29, 0.717) is 0 Å². The van der Waals surface area contributed by atoms with Crippen molar-refractivity contribution in [2.24, 2.45) is 5.73 Å². The van der Waals surface area contributed by atoms with Crippen molar-refractivity contribution < 1.29 is 4.39 Å². The summed E-state index contributed by atoms with van der Waals surface area (Å²) in [5.74, 6) is -0.240. The summed E-state index contributed by atoms with van der Waals surface area (Å²) >= 11 is 3.24. The lowest BCUT2D eigenvalue weighted by molar-refractivity contribution is 0.604. The Labute approximate surface area is 98.4 Å². The third-order valence-corrected chi connectivity index (χ3v) is 2.37. The van der Waals surface area contributed by atoms with E-state index in [4.69, 9.17) is 5.73 Å². The normalized spacial score (nSPS) is 12.0. The Morgan fingerprint density at radius 2 is 2.07 bits per heavy atom. The molecule has 0 fully saturated rings. The predicted octanol–water partition coefficient (Wildman–Crippen LogP) is 3.81. The van der Waals surface area contributed by atoms with Crippen LogP contribution in [0.15, 0.2) is 22.7 Å². The lowest BCUT2D eigenvalue weighted by atomic mass is 10.0. The molecular formula is C10H14BrClFN. The summed E-state index contributed by atoms with van der Waals surface area (Å²) in [6.07, 6.45) is 1.89. The van der Waals surface area contributed by atoms with Gasteiger partial charge in [-0.2, -0.15) is 0 Å². The fourth-order valence-electron chi connectivity index (χ4n) is 1.27. The van der Waals surface area contributed by atoms with Gasteiger partial charge in [0.25, 0.3) is 0 Å². The SMILES string of the molecule is CCC[C@@H](N)c1cc(F)cc(Br)c1.Cl. The van der Waals surface area contributed by atoms with Gasteiger partial charge in [-0.05, 0) is 30.2 Å². The number of halogens is 3. The molecule has 0 aliphatic heterocycles. The van der Waals surface area contributed by atoms with Crippen LogP contribution in [0.1, 0.15) is 31.4 Å². The van der Waals surface area contributed by atoms with Crippen LogP contribution in [0.2, 0.25) is 0 Å². The van der Waals surface area contributed by atoms with E-state index in [9.17, 15) is 4.39 Å². The molecule has 4 heteroatoms. The zero-order chi connectivity index (χ0) is 9.84. The Morgan fingerprint density at radius 1 is 1.43 bits per heavy atom. The first-order chi connectivity index (χ1) is 6.13. The molecule has 1 atom stereocenters. The van der Waals surface area contributed by atoms with Crippen molar-refractivity contribution in [3.05, 3.63) is 34.1 Å². The van der Waals surface area contributed by atoms with Gasteiger partial charge in [-0.15, -0.1) is 12.4 Å². The van der Waals surface area contributed by atoms with Crippen LogP contribution in [0.4, 0.5) is 4.39 Å². The molecule has 2 N–H and O–H groups in total. The van der Waals surface area contributed by atoms with Crippen molar-refractivity contribution in [2.75, 3.05) is 0 Å². The van der Waals surface area contributed by atoms with Crippen LogP contribution in [0.3, 0.4) is 0 Å². The number of hydrogen-bond donors (Lipinski definition) is 1. The topological polar surface area (TPSA) is 26.0 Å². The fourth-order valence-corrected chi connectivity index (χ4v) is 1.75. The molecule has 14 heavy (non-hydrogen) atoms. The molecule has 0 aromatic heterocycles. The van der Waals surface area contributed by atoms with Gasteiger partial charge in [0.1, 0.15) is 5.82 Å². The summed E-state index contributed by atoms with van der Waals surface area (Å²) in [6.45, 7) is 2.06. The monoisotopic (exact) mass is 281 g/mol. The van der Waals surface area contributed by atoms with Crippen molar-refractivity contribution >= 4 is 28.3 Å². The van der Waals surface area contributed by atoms with E-state index in [1.54, 1.807) is 0 Å². The summed E-state index contributed by atoms with van der Waals surface area (Å²) in [7, 11) is 0. The first-order valence-corrected chi connectivity index (χ1v) is 5.14. The van der Waals surface area contributed by atoms with Crippen LogP contribution in [0.25, 0.3) is 0 Å². The summed E-state index contributed by atoms with van der Waals surface area (Å²) in [6, 6.07) is 4.73. The van der Waals surface area contributed by atoms with Gasteiger partial charge in [0.05, 0.1) is 0 Å². The lowest BCUT2D eigenvalue weighted by Gasteiger charge is -2.10. The van der Waals surface area contributed by atoms with E-state index < -0.39 is 0 Å². The average molecular weight is 283 g/mol. The molecule has 0 saturated carbocycles. The van der Waals surface area contributed by atoms with Gasteiger partial charge in [-0.3, -0.25) is 0 Å². The van der Waals surface area contributed by atoms with E-state index in [0.717, 1.165) is 22.9 Å². The van der Waals surface area contributed by atoms with Gasteiger partial charge in [0.15, 0.2) is 0 Å². The van der Waals surface area contributed by atoms with Crippen molar-refractivity contribution in [3.8, 4) is 0 Å². The maximum absolute atomic E-state index is 12.9. The summed E-state index contributed by atoms with van der Waals surface area (Å²) in [5.41, 5.74) is 6.71. The molecule has 0 unspecified atom stereocenters. The summed E-state index contributed by atoms with van der Waals surface area (Å²) in [4.78, 5) is 0. The second-order valence-corrected chi connectivity index (χ2v) is 4.01. The maximum Gasteiger partial charge on any atom is 0.124 e. The van der Waals surface area contributed by atoms with Gasteiger partial charge >= 0.3 is 0 Å². The minimum absolute atomic E-state index is 0. The van der Waals surface area contributed by atoms with Crippen LogP contribution < -0.4 is 5.73 Å². The molecule has 0 aliphatic carbocycles. The van der Waals surface area contributed by atoms with Crippen LogP contribution in [0, 0.1) is 5.82 Å². The Hall–Kier alpha value is -0.120. The van der Waals surface area contributed by atoms with E-state index in [1.165, 1.54) is 12.1 Å². The van der Waals surface area contributed by atoms with Crippen molar-refractivity contribution in [1.29, 1.82) is 0 Å². The Bertz CT molecular complexity index is 273. The standard InChI is InChI=1S/C10H13BrFN.ClH/c1-2-3-10(13)7-4-8(11)6-9(12)5-7;/h4-6,10H,2-3,13H2,1H3;1H/t10-;/m1./s1. The smallest absolute Gasteiger partial charge is 0.124 e. The van der Waals surface area contributed by atoms with Gasteiger partial charge < -0.3 is 5.73 Å². The highest BCUT2D eigenvalue weighted by atomic mass is 79.9. The third kappa shape index (κ3) is 3.95. The van der Waals surface area contributed by atoms with Crippen molar-refractivity contribution in [1.82, 2.24) is 0 Å². The largest absolute Gasteiger partial charge is 0.324 e. The molecule has 0 saturated heterocycles. The minimum atomic E-state index is -0.240. The molecule has 0 bridgehead atoms. The first-order valence-electron chi connectivity index (χ1n) is 4.35. The quantitative estimate of drug-likeness (QED) is 0.896. The molecule has 0 radical (unpaired) electrons. The summed E-state index contributed by atoms with van der Waals surface area (Å²) in [5, 5.41) is 0. The molecule has 0 heterocycles. The number of benzene rings is 1. The Balaban J connectivity index is 0.00000169. The van der Waals surface area contributed by atoms with Crippen LogP contribution in [0.5, 0.6) is 0 Å². The highest BCUT2D eigenvalue weighted by molar-refractivity contribution is 9.10. The zero-order valence-corrected chi connectivity index (χ0v) is 10.4. The second-order valence-electron chi connectivity index (χ2n) is 3.10. The maximum atomic E-state index is 12.9. The number of hydrogen-bond acceptors (Lipinski definition) is 1. The van der Waals surface area contributed by atoms with Crippen LogP contribution in [-0.2, 0) is 0 Å². The van der Waals surface area contributed by atoms with Gasteiger partial charge in [0.2, 0.25) is 0 Å². The highest BCUT2D eigenvalue weighted by Gasteiger charge is 2.06. The average Bonchev–Trinajstić information content (AvgIpc) is 2.03. The fraction of sp³-hybridized carbons (Fsp3) is 0.400. The number of rotatable bonds is 3. The molecule has 1 aromatic rings. The first kappa shape index (κ1) is 13.9. The lowest BCUT2D eigenvalue weighted by Crippen LogP contribution is -2.09. The van der Waals surface area contributed by atoms with E-state index in [2.05, 4.69) is 22.9 Å². The molecule has 80 valence electrons. The Morgan fingerprint density at radius 3 is 2.57 bits per heavy atom. The number of nitrogens with two attached hydrogens (primary N) is 1.